The maximum absolute atomic E-state index is 4.38. The zero-order chi connectivity index (χ0) is 13.4. The smallest absolute Gasteiger partial charge is 0.126 e. The minimum absolute atomic E-state index is 0.482. The van der Waals surface area contributed by atoms with Crippen LogP contribution in [-0.4, -0.2) is 24.6 Å². The van der Waals surface area contributed by atoms with Gasteiger partial charge in [-0.15, -0.1) is 0 Å². The van der Waals surface area contributed by atoms with Crippen LogP contribution < -0.4 is 10.6 Å². The van der Waals surface area contributed by atoms with Crippen LogP contribution in [0.25, 0.3) is 5.57 Å². The Balaban J connectivity index is 2.67. The molecule has 0 amide bonds. The monoisotopic (exact) mass is 247 g/mol. The molecule has 0 radical (unpaired) electrons. The zero-order valence-corrected chi connectivity index (χ0v) is 11.8. The molecule has 0 bridgehead atoms. The molecule has 3 heteroatoms. The van der Waals surface area contributed by atoms with Crippen molar-refractivity contribution in [2.45, 2.75) is 39.2 Å². The Kier molecular flexibility index (Phi) is 6.44. The number of hydrogen-bond donors (Lipinski definition) is 2. The molecule has 0 aliphatic rings. The van der Waals surface area contributed by atoms with Crippen LogP contribution in [-0.2, 0) is 0 Å². The van der Waals surface area contributed by atoms with Crippen molar-refractivity contribution in [3.05, 3.63) is 30.5 Å². The normalized spacial score (nSPS) is 12.2. The Morgan fingerprint density at radius 3 is 2.83 bits per heavy atom. The SMILES string of the molecule is C=C(C)c1ccnc(NC(CCC)CCNC)c1. The van der Waals surface area contributed by atoms with E-state index in [0.717, 1.165) is 29.9 Å². The van der Waals surface area contributed by atoms with E-state index in [4.69, 9.17) is 0 Å². The molecule has 100 valence electrons. The van der Waals surface area contributed by atoms with Crippen molar-refractivity contribution in [3.8, 4) is 0 Å². The highest BCUT2D eigenvalue weighted by molar-refractivity contribution is 5.63. The van der Waals surface area contributed by atoms with Gasteiger partial charge in [-0.1, -0.05) is 25.5 Å². The van der Waals surface area contributed by atoms with E-state index in [1.54, 1.807) is 0 Å². The van der Waals surface area contributed by atoms with Gasteiger partial charge in [-0.2, -0.15) is 0 Å². The molecule has 3 nitrogen and oxygen atoms in total. The lowest BCUT2D eigenvalue weighted by atomic mass is 10.1. The number of nitrogens with one attached hydrogen (secondary N) is 2. The van der Waals surface area contributed by atoms with Gasteiger partial charge in [-0.25, -0.2) is 4.98 Å². The summed E-state index contributed by atoms with van der Waals surface area (Å²) in [6.45, 7) is 9.22. The van der Waals surface area contributed by atoms with E-state index in [9.17, 15) is 0 Å². The van der Waals surface area contributed by atoms with E-state index < -0.39 is 0 Å². The van der Waals surface area contributed by atoms with E-state index in [0.29, 0.717) is 6.04 Å². The van der Waals surface area contributed by atoms with Crippen molar-refractivity contribution in [2.24, 2.45) is 0 Å². The second-order valence-corrected chi connectivity index (χ2v) is 4.73. The predicted molar refractivity (Wildman–Crippen MR) is 79.8 cm³/mol. The first-order chi connectivity index (χ1) is 8.67. The van der Waals surface area contributed by atoms with Crippen LogP contribution in [0.4, 0.5) is 5.82 Å². The molecule has 1 aromatic heterocycles. The summed E-state index contributed by atoms with van der Waals surface area (Å²) in [5, 5.41) is 6.72. The topological polar surface area (TPSA) is 37.0 Å². The fourth-order valence-corrected chi connectivity index (χ4v) is 1.94. The molecule has 0 spiro atoms. The third-order valence-corrected chi connectivity index (χ3v) is 2.98. The van der Waals surface area contributed by atoms with E-state index >= 15 is 0 Å². The van der Waals surface area contributed by atoms with Crippen LogP contribution >= 0.6 is 0 Å². The maximum Gasteiger partial charge on any atom is 0.126 e. The standard InChI is InChI=1S/C15H25N3/c1-5-6-14(8-9-16-4)18-15-11-13(12(2)3)7-10-17-15/h7,10-11,14,16H,2,5-6,8-9H2,1,3-4H3,(H,17,18). The lowest BCUT2D eigenvalue weighted by molar-refractivity contribution is 0.573. The number of aromatic nitrogens is 1. The Morgan fingerprint density at radius 1 is 1.44 bits per heavy atom. The van der Waals surface area contributed by atoms with Crippen LogP contribution in [0.5, 0.6) is 0 Å². The minimum atomic E-state index is 0.482. The van der Waals surface area contributed by atoms with Gasteiger partial charge < -0.3 is 10.6 Å². The quantitative estimate of drug-likeness (QED) is 0.740. The molecule has 2 N–H and O–H groups in total. The molecule has 0 aliphatic heterocycles. The number of allylic oxidation sites excluding steroid dienone is 1. The first kappa shape index (κ1) is 14.7. The van der Waals surface area contributed by atoms with Gasteiger partial charge in [0.15, 0.2) is 0 Å². The van der Waals surface area contributed by atoms with E-state index in [-0.39, 0.29) is 0 Å². The number of rotatable bonds is 8. The third kappa shape index (κ3) is 4.88. The van der Waals surface area contributed by atoms with E-state index in [2.05, 4.69) is 35.2 Å². The molecular weight excluding hydrogens is 222 g/mol. The van der Waals surface area contributed by atoms with Crippen LogP contribution in [0.1, 0.15) is 38.7 Å². The van der Waals surface area contributed by atoms with Gasteiger partial charge in [0.2, 0.25) is 0 Å². The maximum atomic E-state index is 4.38. The molecule has 0 saturated heterocycles. The summed E-state index contributed by atoms with van der Waals surface area (Å²) in [7, 11) is 1.99. The number of pyridine rings is 1. The van der Waals surface area contributed by atoms with Gasteiger partial charge in [0.05, 0.1) is 0 Å². The zero-order valence-electron chi connectivity index (χ0n) is 11.8. The summed E-state index contributed by atoms with van der Waals surface area (Å²) in [5.74, 6) is 0.949. The Morgan fingerprint density at radius 2 is 2.22 bits per heavy atom. The summed E-state index contributed by atoms with van der Waals surface area (Å²) >= 11 is 0. The lowest BCUT2D eigenvalue weighted by Gasteiger charge is -2.19. The van der Waals surface area contributed by atoms with Crippen molar-refractivity contribution >= 4 is 11.4 Å². The van der Waals surface area contributed by atoms with E-state index in [1.807, 2.05) is 26.2 Å². The van der Waals surface area contributed by atoms with Gasteiger partial charge in [-0.3, -0.25) is 0 Å². The Bertz CT molecular complexity index is 374. The summed E-state index contributed by atoms with van der Waals surface area (Å²) in [6, 6.07) is 4.55. The van der Waals surface area contributed by atoms with Gasteiger partial charge in [0.25, 0.3) is 0 Å². The van der Waals surface area contributed by atoms with Crippen molar-refractivity contribution in [3.63, 3.8) is 0 Å². The molecule has 0 aliphatic carbocycles. The second-order valence-electron chi connectivity index (χ2n) is 4.73. The second kappa shape index (κ2) is 7.88. The molecule has 1 heterocycles. The largest absolute Gasteiger partial charge is 0.367 e. The molecule has 0 saturated carbocycles. The van der Waals surface area contributed by atoms with Crippen LogP contribution in [0, 0.1) is 0 Å². The van der Waals surface area contributed by atoms with Crippen molar-refractivity contribution in [1.82, 2.24) is 10.3 Å². The van der Waals surface area contributed by atoms with Crippen LogP contribution in [0.15, 0.2) is 24.9 Å². The first-order valence-electron chi connectivity index (χ1n) is 6.70. The first-order valence-corrected chi connectivity index (χ1v) is 6.70. The highest BCUT2D eigenvalue weighted by Crippen LogP contribution is 2.16. The number of hydrogen-bond acceptors (Lipinski definition) is 3. The number of anilines is 1. The minimum Gasteiger partial charge on any atom is -0.367 e. The van der Waals surface area contributed by atoms with Gasteiger partial charge in [-0.05, 0) is 51.1 Å². The van der Waals surface area contributed by atoms with Gasteiger partial charge >= 0.3 is 0 Å². The fourth-order valence-electron chi connectivity index (χ4n) is 1.94. The summed E-state index contributed by atoms with van der Waals surface area (Å²) < 4.78 is 0. The molecule has 1 atom stereocenters. The van der Waals surface area contributed by atoms with E-state index in [1.165, 1.54) is 12.8 Å². The summed E-state index contributed by atoms with van der Waals surface area (Å²) in [6.07, 6.45) is 5.30. The fraction of sp³-hybridized carbons (Fsp3) is 0.533. The van der Waals surface area contributed by atoms with Gasteiger partial charge in [0, 0.05) is 12.2 Å². The Hall–Kier alpha value is -1.35. The summed E-state index contributed by atoms with van der Waals surface area (Å²) in [5.41, 5.74) is 2.22. The molecule has 1 rings (SSSR count). The van der Waals surface area contributed by atoms with Gasteiger partial charge in [0.1, 0.15) is 5.82 Å². The molecular formula is C15H25N3. The van der Waals surface area contributed by atoms with Crippen molar-refractivity contribution < 1.29 is 0 Å². The van der Waals surface area contributed by atoms with Crippen LogP contribution in [0.3, 0.4) is 0 Å². The lowest BCUT2D eigenvalue weighted by Crippen LogP contribution is -2.24. The number of nitrogens with zero attached hydrogens (tertiary/aromatic N) is 1. The van der Waals surface area contributed by atoms with Crippen molar-refractivity contribution in [2.75, 3.05) is 18.9 Å². The highest BCUT2D eigenvalue weighted by Gasteiger charge is 2.08. The highest BCUT2D eigenvalue weighted by atomic mass is 15.0. The molecule has 1 unspecified atom stereocenters. The van der Waals surface area contributed by atoms with Crippen LogP contribution in [0.2, 0.25) is 0 Å². The van der Waals surface area contributed by atoms with Crippen molar-refractivity contribution in [1.29, 1.82) is 0 Å². The molecule has 1 aromatic rings. The molecule has 18 heavy (non-hydrogen) atoms. The Labute approximate surface area is 111 Å². The predicted octanol–water partition coefficient (Wildman–Crippen LogP) is 3.30. The average Bonchev–Trinajstić information content (AvgIpc) is 2.36. The average molecular weight is 247 g/mol. The third-order valence-electron chi connectivity index (χ3n) is 2.98. The molecule has 0 aromatic carbocycles. The molecule has 0 fully saturated rings. The summed E-state index contributed by atoms with van der Waals surface area (Å²) in [4.78, 5) is 4.38.